The standard InChI is InChI=1S/C18H14BrFN2O2S/c1-11(17(23)22-15-7-5-14(20)6-8-15)25-18-21-10-16(24-18)12-3-2-4-13(19)9-12/h2-11H,1H3,(H,22,23)/t11-/m0/s1. The first-order valence-corrected chi connectivity index (χ1v) is 9.13. The van der Waals surface area contributed by atoms with Gasteiger partial charge in [-0.25, -0.2) is 9.37 Å². The number of thioether (sulfide) groups is 1. The number of aromatic nitrogens is 1. The van der Waals surface area contributed by atoms with Crippen LogP contribution in [0, 0.1) is 5.82 Å². The number of anilines is 1. The third-order valence-corrected chi connectivity index (χ3v) is 4.80. The van der Waals surface area contributed by atoms with E-state index in [0.29, 0.717) is 16.7 Å². The molecule has 0 unspecified atom stereocenters. The maximum absolute atomic E-state index is 12.9. The van der Waals surface area contributed by atoms with Crippen molar-refractivity contribution in [3.63, 3.8) is 0 Å². The Morgan fingerprint density at radius 1 is 1.28 bits per heavy atom. The molecule has 1 amide bonds. The molecule has 0 aliphatic heterocycles. The maximum atomic E-state index is 12.9. The van der Waals surface area contributed by atoms with Gasteiger partial charge < -0.3 is 9.73 Å². The van der Waals surface area contributed by atoms with E-state index in [4.69, 9.17) is 4.42 Å². The normalized spacial score (nSPS) is 12.0. The zero-order valence-corrected chi connectivity index (χ0v) is 15.6. The van der Waals surface area contributed by atoms with Gasteiger partial charge in [-0.05, 0) is 43.3 Å². The maximum Gasteiger partial charge on any atom is 0.256 e. The largest absolute Gasteiger partial charge is 0.431 e. The number of rotatable bonds is 5. The van der Waals surface area contributed by atoms with Crippen LogP contribution < -0.4 is 5.32 Å². The van der Waals surface area contributed by atoms with E-state index in [0.717, 1.165) is 10.0 Å². The molecule has 0 aliphatic rings. The number of oxazole rings is 1. The fourth-order valence-electron chi connectivity index (χ4n) is 2.07. The Balaban J connectivity index is 1.64. The van der Waals surface area contributed by atoms with Crippen LogP contribution in [0.3, 0.4) is 0 Å². The Morgan fingerprint density at radius 3 is 2.76 bits per heavy atom. The Kier molecular flexibility index (Phi) is 5.55. The first-order valence-electron chi connectivity index (χ1n) is 7.46. The van der Waals surface area contributed by atoms with Gasteiger partial charge >= 0.3 is 0 Å². The van der Waals surface area contributed by atoms with E-state index < -0.39 is 5.25 Å². The molecule has 1 atom stereocenters. The summed E-state index contributed by atoms with van der Waals surface area (Å²) in [5, 5.41) is 2.73. The van der Waals surface area contributed by atoms with Crippen LogP contribution in [0.15, 0.2) is 68.8 Å². The summed E-state index contributed by atoms with van der Waals surface area (Å²) in [5.74, 6) is 0.0778. The summed E-state index contributed by atoms with van der Waals surface area (Å²) >= 11 is 4.64. The highest BCUT2D eigenvalue weighted by atomic mass is 79.9. The minimum absolute atomic E-state index is 0.209. The summed E-state index contributed by atoms with van der Waals surface area (Å²) in [6, 6.07) is 13.3. The second-order valence-corrected chi connectivity index (χ2v) is 7.46. The zero-order valence-electron chi connectivity index (χ0n) is 13.2. The second kappa shape index (κ2) is 7.84. The van der Waals surface area contributed by atoms with Crippen LogP contribution in [0.25, 0.3) is 11.3 Å². The van der Waals surface area contributed by atoms with Crippen LogP contribution in [0.5, 0.6) is 0 Å². The number of carbonyl (C=O) groups is 1. The molecule has 0 bridgehead atoms. The van der Waals surface area contributed by atoms with E-state index in [2.05, 4.69) is 26.2 Å². The van der Waals surface area contributed by atoms with Crippen molar-refractivity contribution in [2.24, 2.45) is 0 Å². The van der Waals surface area contributed by atoms with Gasteiger partial charge in [-0.15, -0.1) is 0 Å². The second-order valence-electron chi connectivity index (χ2n) is 5.26. The van der Waals surface area contributed by atoms with Crippen molar-refractivity contribution in [3.05, 3.63) is 65.0 Å². The first-order chi connectivity index (χ1) is 12.0. The highest BCUT2D eigenvalue weighted by molar-refractivity contribution is 9.10. The van der Waals surface area contributed by atoms with Crippen LogP contribution in [0.2, 0.25) is 0 Å². The van der Waals surface area contributed by atoms with E-state index in [1.165, 1.54) is 36.0 Å². The lowest BCUT2D eigenvalue weighted by Crippen LogP contribution is -2.22. The smallest absolute Gasteiger partial charge is 0.256 e. The number of benzene rings is 2. The summed E-state index contributed by atoms with van der Waals surface area (Å²) in [6.07, 6.45) is 1.63. The lowest BCUT2D eigenvalue weighted by atomic mass is 10.2. The van der Waals surface area contributed by atoms with Crippen molar-refractivity contribution in [2.75, 3.05) is 5.32 Å². The van der Waals surface area contributed by atoms with Gasteiger partial charge in [-0.1, -0.05) is 39.8 Å². The molecule has 3 rings (SSSR count). The fraction of sp³-hybridized carbons (Fsp3) is 0.111. The van der Waals surface area contributed by atoms with Crippen LogP contribution in [-0.2, 0) is 4.79 Å². The van der Waals surface area contributed by atoms with Gasteiger partial charge in [-0.3, -0.25) is 4.79 Å². The number of halogens is 2. The third-order valence-electron chi connectivity index (χ3n) is 3.35. The van der Waals surface area contributed by atoms with Crippen molar-refractivity contribution < 1.29 is 13.6 Å². The summed E-state index contributed by atoms with van der Waals surface area (Å²) in [4.78, 5) is 16.4. The van der Waals surface area contributed by atoms with Gasteiger partial charge in [-0.2, -0.15) is 0 Å². The average molecular weight is 421 g/mol. The molecular formula is C18H14BrFN2O2S. The number of nitrogens with zero attached hydrogens (tertiary/aromatic N) is 1. The van der Waals surface area contributed by atoms with Crippen LogP contribution in [0.1, 0.15) is 6.92 Å². The number of amides is 1. The highest BCUT2D eigenvalue weighted by Gasteiger charge is 2.18. The summed E-state index contributed by atoms with van der Waals surface area (Å²) in [6.45, 7) is 1.76. The van der Waals surface area contributed by atoms with E-state index >= 15 is 0 Å². The lowest BCUT2D eigenvalue weighted by molar-refractivity contribution is -0.115. The molecule has 0 saturated carbocycles. The number of hydrogen-bond acceptors (Lipinski definition) is 4. The topological polar surface area (TPSA) is 55.1 Å². The van der Waals surface area contributed by atoms with E-state index in [-0.39, 0.29) is 11.7 Å². The van der Waals surface area contributed by atoms with Crippen molar-refractivity contribution >= 4 is 39.3 Å². The SMILES string of the molecule is C[C@H](Sc1ncc(-c2cccc(Br)c2)o1)C(=O)Nc1ccc(F)cc1. The molecule has 1 aromatic heterocycles. The van der Waals surface area contributed by atoms with Crippen LogP contribution >= 0.6 is 27.7 Å². The van der Waals surface area contributed by atoms with Gasteiger partial charge in [0, 0.05) is 15.7 Å². The van der Waals surface area contributed by atoms with Crippen LogP contribution in [0.4, 0.5) is 10.1 Å². The minimum Gasteiger partial charge on any atom is -0.431 e. The molecular weight excluding hydrogens is 407 g/mol. The van der Waals surface area contributed by atoms with Crippen LogP contribution in [-0.4, -0.2) is 16.1 Å². The van der Waals surface area contributed by atoms with Gasteiger partial charge in [0.05, 0.1) is 11.4 Å². The Hall–Kier alpha value is -2.12. The molecule has 1 N–H and O–H groups in total. The third kappa shape index (κ3) is 4.70. The molecule has 2 aromatic carbocycles. The van der Waals surface area contributed by atoms with Gasteiger partial charge in [0.15, 0.2) is 5.76 Å². The van der Waals surface area contributed by atoms with E-state index in [1.807, 2.05) is 24.3 Å². The minimum atomic E-state index is -0.418. The fourth-order valence-corrected chi connectivity index (χ4v) is 3.19. The molecule has 0 saturated heterocycles. The molecule has 4 nitrogen and oxygen atoms in total. The predicted octanol–water partition coefficient (Wildman–Crippen LogP) is 5.36. The average Bonchev–Trinajstić information content (AvgIpc) is 3.05. The Bertz CT molecular complexity index is 883. The van der Waals surface area contributed by atoms with Crippen molar-refractivity contribution in [1.82, 2.24) is 4.98 Å². The highest BCUT2D eigenvalue weighted by Crippen LogP contribution is 2.29. The number of nitrogens with one attached hydrogen (secondary N) is 1. The quantitative estimate of drug-likeness (QED) is 0.564. The molecule has 25 heavy (non-hydrogen) atoms. The summed E-state index contributed by atoms with van der Waals surface area (Å²) in [5.41, 5.74) is 1.44. The Labute approximate surface area is 157 Å². The summed E-state index contributed by atoms with van der Waals surface area (Å²) < 4.78 is 19.6. The van der Waals surface area contributed by atoms with Gasteiger partial charge in [0.25, 0.3) is 5.22 Å². The first kappa shape index (κ1) is 17.7. The van der Waals surface area contributed by atoms with E-state index in [9.17, 15) is 9.18 Å². The van der Waals surface area contributed by atoms with Gasteiger partial charge in [0.1, 0.15) is 5.82 Å². The number of carbonyl (C=O) groups excluding carboxylic acids is 1. The predicted molar refractivity (Wildman–Crippen MR) is 100.0 cm³/mol. The molecule has 128 valence electrons. The molecule has 0 aliphatic carbocycles. The lowest BCUT2D eigenvalue weighted by Gasteiger charge is -2.10. The molecule has 7 heteroatoms. The van der Waals surface area contributed by atoms with Crippen molar-refractivity contribution in [1.29, 1.82) is 0 Å². The molecule has 1 heterocycles. The van der Waals surface area contributed by atoms with Gasteiger partial charge in [0.2, 0.25) is 5.91 Å². The zero-order chi connectivity index (χ0) is 17.8. The Morgan fingerprint density at radius 2 is 2.04 bits per heavy atom. The molecule has 0 spiro atoms. The molecule has 0 fully saturated rings. The monoisotopic (exact) mass is 420 g/mol. The number of hydrogen-bond donors (Lipinski definition) is 1. The molecule has 3 aromatic rings. The van der Waals surface area contributed by atoms with Crippen molar-refractivity contribution in [3.8, 4) is 11.3 Å². The van der Waals surface area contributed by atoms with Crippen molar-refractivity contribution in [2.45, 2.75) is 17.4 Å². The summed E-state index contributed by atoms with van der Waals surface area (Å²) in [7, 11) is 0. The van der Waals surface area contributed by atoms with E-state index in [1.54, 1.807) is 13.1 Å². The molecule has 0 radical (unpaired) electrons.